The first-order chi connectivity index (χ1) is 18.3. The molecule has 0 unspecified atom stereocenters. The molecule has 0 bridgehead atoms. The maximum atomic E-state index is 13.5. The van der Waals surface area contributed by atoms with Gasteiger partial charge in [0.2, 0.25) is 10.0 Å². The fourth-order valence-electron chi connectivity index (χ4n) is 4.62. The number of sulfonamides is 1. The summed E-state index contributed by atoms with van der Waals surface area (Å²) in [6, 6.07) is 20.3. The van der Waals surface area contributed by atoms with Crippen molar-refractivity contribution < 1.29 is 18.0 Å². The largest absolute Gasteiger partial charge is 0.324 e. The lowest BCUT2D eigenvalue weighted by molar-refractivity contribution is -0.125. The summed E-state index contributed by atoms with van der Waals surface area (Å²) < 4.78 is 28.9. The first-order valence-electron chi connectivity index (χ1n) is 12.7. The molecule has 1 fully saturated rings. The fraction of sp³-hybridized carbons (Fsp3) is 0.310. The number of piperidine rings is 1. The van der Waals surface area contributed by atoms with Crippen LogP contribution < -0.4 is 20.3 Å². The molecule has 4 rings (SSSR count). The van der Waals surface area contributed by atoms with Gasteiger partial charge in [-0.1, -0.05) is 41.9 Å². The molecule has 3 amide bonds. The van der Waals surface area contributed by atoms with E-state index in [2.05, 4.69) is 15.4 Å². The Labute approximate surface area is 234 Å². The molecule has 0 aromatic heterocycles. The lowest BCUT2D eigenvalue weighted by Crippen LogP contribution is -2.61. The summed E-state index contributed by atoms with van der Waals surface area (Å²) in [7, 11) is -3.76. The van der Waals surface area contributed by atoms with Gasteiger partial charge in [0.05, 0.1) is 4.90 Å². The van der Waals surface area contributed by atoms with Gasteiger partial charge >= 0.3 is 6.03 Å². The molecule has 1 aliphatic heterocycles. The topological polar surface area (TPSA) is 108 Å². The molecule has 3 aromatic rings. The Morgan fingerprint density at radius 2 is 1.62 bits per heavy atom. The molecule has 206 valence electrons. The molecule has 0 spiro atoms. The molecule has 39 heavy (non-hydrogen) atoms. The van der Waals surface area contributed by atoms with Crippen LogP contribution in [0.25, 0.3) is 11.1 Å². The molecule has 0 radical (unpaired) electrons. The zero-order valence-corrected chi connectivity index (χ0v) is 24.0. The zero-order chi connectivity index (χ0) is 28.4. The highest BCUT2D eigenvalue weighted by Gasteiger charge is 2.41. The second kappa shape index (κ2) is 11.0. The monoisotopic (exact) mass is 568 g/mol. The third-order valence-corrected chi connectivity index (χ3v) is 8.44. The number of nitrogens with zero attached hydrogens (tertiary/aromatic N) is 1. The van der Waals surface area contributed by atoms with Crippen LogP contribution in [0, 0.1) is 0 Å². The van der Waals surface area contributed by atoms with Gasteiger partial charge in [-0.15, -0.1) is 0 Å². The predicted octanol–water partition coefficient (Wildman–Crippen LogP) is 5.79. The van der Waals surface area contributed by atoms with Crippen LogP contribution in [0.1, 0.15) is 40.5 Å². The summed E-state index contributed by atoms with van der Waals surface area (Å²) in [4.78, 5) is 28.1. The van der Waals surface area contributed by atoms with E-state index >= 15 is 0 Å². The van der Waals surface area contributed by atoms with Crippen molar-refractivity contribution in [3.05, 3.63) is 77.8 Å². The molecule has 0 aliphatic carbocycles. The molecule has 3 N–H and O–H groups in total. The number of nitrogens with one attached hydrogen (secondary N) is 3. The highest BCUT2D eigenvalue weighted by atomic mass is 35.5. The van der Waals surface area contributed by atoms with Crippen LogP contribution in [0.4, 0.5) is 16.2 Å². The smallest absolute Gasteiger partial charge is 0.320 e. The number of halogens is 1. The minimum Gasteiger partial charge on any atom is -0.324 e. The molecule has 10 heteroatoms. The van der Waals surface area contributed by atoms with Crippen molar-refractivity contribution in [1.82, 2.24) is 10.0 Å². The lowest BCUT2D eigenvalue weighted by Gasteiger charge is -2.39. The summed E-state index contributed by atoms with van der Waals surface area (Å²) in [5.74, 6) is -0.217. The maximum absolute atomic E-state index is 13.5. The van der Waals surface area contributed by atoms with Crippen LogP contribution in [0.3, 0.4) is 0 Å². The molecular formula is C29H33ClN4O4S. The highest BCUT2D eigenvalue weighted by molar-refractivity contribution is 7.89. The first kappa shape index (κ1) is 28.6. The van der Waals surface area contributed by atoms with Gasteiger partial charge in [-0.2, -0.15) is 0 Å². The van der Waals surface area contributed by atoms with E-state index in [1.54, 1.807) is 105 Å². The normalized spacial score (nSPS) is 18.1. The number of rotatable bonds is 6. The van der Waals surface area contributed by atoms with Crippen molar-refractivity contribution >= 4 is 44.9 Å². The Morgan fingerprint density at radius 1 is 0.974 bits per heavy atom. The molecule has 3 aromatic carbocycles. The third-order valence-electron chi connectivity index (χ3n) is 6.37. The summed E-state index contributed by atoms with van der Waals surface area (Å²) in [5, 5.41) is 6.14. The number of hydrogen-bond acceptors (Lipinski definition) is 4. The molecule has 1 aliphatic rings. The van der Waals surface area contributed by atoms with E-state index in [9.17, 15) is 18.0 Å². The number of urea groups is 1. The van der Waals surface area contributed by atoms with Gasteiger partial charge in [0.15, 0.2) is 0 Å². The summed E-state index contributed by atoms with van der Waals surface area (Å²) >= 11 is 5.91. The minimum atomic E-state index is -3.76. The average Bonchev–Trinajstić information content (AvgIpc) is 2.86. The van der Waals surface area contributed by atoms with Gasteiger partial charge in [0, 0.05) is 34.0 Å². The van der Waals surface area contributed by atoms with E-state index in [0.29, 0.717) is 46.9 Å². The number of carbonyl (C=O) groups excluding carboxylic acids is 2. The van der Waals surface area contributed by atoms with Gasteiger partial charge in [-0.25, -0.2) is 17.9 Å². The van der Waals surface area contributed by atoms with Crippen LogP contribution in [-0.2, 0) is 14.8 Å². The molecule has 1 heterocycles. The van der Waals surface area contributed by atoms with E-state index in [1.165, 1.54) is 0 Å². The number of anilines is 2. The zero-order valence-electron chi connectivity index (χ0n) is 22.4. The van der Waals surface area contributed by atoms with E-state index in [0.717, 1.165) is 0 Å². The molecular weight excluding hydrogens is 536 g/mol. The molecule has 8 nitrogen and oxygen atoms in total. The second-order valence-corrected chi connectivity index (χ2v) is 13.0. The van der Waals surface area contributed by atoms with Crippen molar-refractivity contribution in [3.63, 3.8) is 0 Å². The van der Waals surface area contributed by atoms with Gasteiger partial charge in [0.25, 0.3) is 5.91 Å². The van der Waals surface area contributed by atoms with Crippen molar-refractivity contribution in [1.29, 1.82) is 0 Å². The van der Waals surface area contributed by atoms with Gasteiger partial charge in [-0.3, -0.25) is 4.79 Å². The van der Waals surface area contributed by atoms with Gasteiger partial charge in [0.1, 0.15) is 5.54 Å². The van der Waals surface area contributed by atoms with Crippen LogP contribution in [0.15, 0.2) is 77.7 Å². The predicted molar refractivity (Wildman–Crippen MR) is 156 cm³/mol. The van der Waals surface area contributed by atoms with Gasteiger partial charge in [-0.05, 0) is 88.6 Å². The fourth-order valence-corrected chi connectivity index (χ4v) is 6.40. The van der Waals surface area contributed by atoms with Crippen molar-refractivity contribution in [2.45, 2.75) is 56.5 Å². The summed E-state index contributed by atoms with van der Waals surface area (Å²) in [5.41, 5.74) is 0.792. The second-order valence-electron chi connectivity index (χ2n) is 10.9. The standard InChI is InChI=1S/C29H33ClN4O4S/c1-28(2,3)33-39(37,38)25-9-6-5-8-24(25)20-10-16-23(17-11-20)34-19-7-18-29(4,26(34)35)32-27(36)31-22-14-12-21(30)13-15-22/h5-6,8-17,33H,7,18-19H2,1-4H3,(H2,31,32,36)/t29-/m0/s1. The Hall–Kier alpha value is -3.40. The number of hydrogen-bond donors (Lipinski definition) is 3. The van der Waals surface area contributed by atoms with Crippen LogP contribution in [-0.4, -0.2) is 38.0 Å². The SMILES string of the molecule is CC(C)(C)NS(=O)(=O)c1ccccc1-c1ccc(N2CCC[C@](C)(NC(=O)Nc3ccc(Cl)cc3)C2=O)cc1. The van der Waals surface area contributed by atoms with E-state index in [1.807, 2.05) is 0 Å². The van der Waals surface area contributed by atoms with E-state index in [4.69, 9.17) is 11.6 Å². The van der Waals surface area contributed by atoms with Crippen molar-refractivity contribution in [2.24, 2.45) is 0 Å². The van der Waals surface area contributed by atoms with E-state index in [-0.39, 0.29) is 10.8 Å². The Bertz CT molecular complexity index is 1470. The quantitative estimate of drug-likeness (QED) is 0.350. The first-order valence-corrected chi connectivity index (χ1v) is 14.5. The average molecular weight is 569 g/mol. The van der Waals surface area contributed by atoms with E-state index < -0.39 is 27.1 Å². The minimum absolute atomic E-state index is 0.185. The van der Waals surface area contributed by atoms with Crippen molar-refractivity contribution in [3.8, 4) is 11.1 Å². The lowest BCUT2D eigenvalue weighted by atomic mass is 9.89. The molecule has 0 saturated carbocycles. The number of carbonyl (C=O) groups is 2. The number of amides is 3. The maximum Gasteiger partial charge on any atom is 0.320 e. The van der Waals surface area contributed by atoms with Crippen LogP contribution in [0.2, 0.25) is 5.02 Å². The molecule has 1 atom stereocenters. The Kier molecular flexibility index (Phi) is 8.07. The molecule has 1 saturated heterocycles. The van der Waals surface area contributed by atoms with Crippen LogP contribution in [0.5, 0.6) is 0 Å². The third kappa shape index (κ3) is 6.79. The summed E-state index contributed by atoms with van der Waals surface area (Å²) in [6.07, 6.45) is 1.20. The Morgan fingerprint density at radius 3 is 2.26 bits per heavy atom. The van der Waals surface area contributed by atoms with Gasteiger partial charge < -0.3 is 15.5 Å². The number of benzene rings is 3. The summed E-state index contributed by atoms with van der Waals surface area (Å²) in [6.45, 7) is 7.61. The highest BCUT2D eigenvalue weighted by Crippen LogP contribution is 2.32. The van der Waals surface area contributed by atoms with Crippen LogP contribution >= 0.6 is 11.6 Å². The van der Waals surface area contributed by atoms with Crippen molar-refractivity contribution in [2.75, 3.05) is 16.8 Å². The Balaban J connectivity index is 1.52.